The number of aliphatic hydroxyl groups is 1. The standard InChI is InChI=1S/C30H30FNO3/c1-18-6-7-19(2)22(16-18)17-32-26(20-8-12-23(13-9-20)30(3,4)5)25(28(34)29(32)35)27(33)21-10-14-24(31)15-11-21/h6-16,26,33H,17H2,1-5H3/b27-25-. The first-order chi connectivity index (χ1) is 16.5. The molecule has 1 unspecified atom stereocenters. The largest absolute Gasteiger partial charge is 0.507 e. The van der Waals surface area contributed by atoms with Crippen LogP contribution in [0.1, 0.15) is 60.2 Å². The Morgan fingerprint density at radius 2 is 1.57 bits per heavy atom. The van der Waals surface area contributed by atoms with Gasteiger partial charge in [0.25, 0.3) is 11.7 Å². The molecule has 0 aliphatic carbocycles. The van der Waals surface area contributed by atoms with Gasteiger partial charge in [0.05, 0.1) is 11.6 Å². The smallest absolute Gasteiger partial charge is 0.295 e. The van der Waals surface area contributed by atoms with E-state index >= 15 is 0 Å². The van der Waals surface area contributed by atoms with Gasteiger partial charge in [-0.25, -0.2) is 4.39 Å². The molecule has 0 saturated carbocycles. The molecular formula is C30H30FNO3. The van der Waals surface area contributed by atoms with Gasteiger partial charge in [-0.15, -0.1) is 0 Å². The number of hydrogen-bond donors (Lipinski definition) is 1. The van der Waals surface area contributed by atoms with Crippen molar-refractivity contribution in [3.63, 3.8) is 0 Å². The molecule has 35 heavy (non-hydrogen) atoms. The lowest BCUT2D eigenvalue weighted by atomic mass is 9.85. The van der Waals surface area contributed by atoms with Gasteiger partial charge in [0.1, 0.15) is 11.6 Å². The summed E-state index contributed by atoms with van der Waals surface area (Å²) < 4.78 is 13.5. The minimum Gasteiger partial charge on any atom is -0.507 e. The van der Waals surface area contributed by atoms with Gasteiger partial charge in [-0.3, -0.25) is 9.59 Å². The first kappa shape index (κ1) is 24.4. The summed E-state index contributed by atoms with van der Waals surface area (Å²) in [5.74, 6) is -2.18. The third-order valence-corrected chi connectivity index (χ3v) is 6.60. The van der Waals surface area contributed by atoms with Crippen molar-refractivity contribution < 1.29 is 19.1 Å². The Kier molecular flexibility index (Phi) is 6.37. The van der Waals surface area contributed by atoms with Gasteiger partial charge in [0.2, 0.25) is 0 Å². The van der Waals surface area contributed by atoms with Crippen LogP contribution >= 0.6 is 0 Å². The Balaban J connectivity index is 1.87. The minimum absolute atomic E-state index is 0.00965. The van der Waals surface area contributed by atoms with E-state index in [-0.39, 0.29) is 28.9 Å². The van der Waals surface area contributed by atoms with E-state index in [9.17, 15) is 19.1 Å². The molecule has 0 radical (unpaired) electrons. The number of amides is 1. The summed E-state index contributed by atoms with van der Waals surface area (Å²) in [6.07, 6.45) is 0. The van der Waals surface area contributed by atoms with Crippen molar-refractivity contribution >= 4 is 17.4 Å². The molecule has 0 bridgehead atoms. The summed E-state index contributed by atoms with van der Waals surface area (Å²) in [6.45, 7) is 10.5. The number of benzene rings is 3. The summed E-state index contributed by atoms with van der Waals surface area (Å²) in [6, 6.07) is 18.3. The van der Waals surface area contributed by atoms with Crippen LogP contribution in [0, 0.1) is 19.7 Å². The number of Topliss-reactive ketones (excluding diaryl/α,β-unsaturated/α-hetero) is 1. The molecule has 1 amide bonds. The van der Waals surface area contributed by atoms with E-state index in [0.717, 1.165) is 27.8 Å². The molecule has 3 aromatic rings. The number of carbonyl (C=O) groups is 2. The number of rotatable bonds is 4. The van der Waals surface area contributed by atoms with Crippen molar-refractivity contribution in [2.24, 2.45) is 0 Å². The number of carbonyl (C=O) groups excluding carboxylic acids is 2. The molecule has 1 aliphatic rings. The first-order valence-corrected chi connectivity index (χ1v) is 11.7. The van der Waals surface area contributed by atoms with E-state index in [0.29, 0.717) is 0 Å². The number of nitrogens with zero attached hydrogens (tertiary/aromatic N) is 1. The number of halogens is 1. The Morgan fingerprint density at radius 1 is 0.943 bits per heavy atom. The van der Waals surface area contributed by atoms with Crippen LogP contribution in [0.3, 0.4) is 0 Å². The Bertz CT molecular complexity index is 1320. The predicted octanol–water partition coefficient (Wildman–Crippen LogP) is 6.36. The summed E-state index contributed by atoms with van der Waals surface area (Å²) in [5.41, 5.74) is 5.08. The molecule has 4 nitrogen and oxygen atoms in total. The summed E-state index contributed by atoms with van der Waals surface area (Å²) >= 11 is 0. The molecule has 5 heteroatoms. The second-order valence-corrected chi connectivity index (χ2v) is 10.2. The number of likely N-dealkylation sites (tertiary alicyclic amines) is 1. The van der Waals surface area contributed by atoms with Crippen molar-refractivity contribution in [3.05, 3.63) is 112 Å². The molecular weight excluding hydrogens is 441 g/mol. The third kappa shape index (κ3) is 4.76. The highest BCUT2D eigenvalue weighted by molar-refractivity contribution is 6.46. The molecule has 0 aromatic heterocycles. The molecule has 1 heterocycles. The van der Waals surface area contributed by atoms with Gasteiger partial charge in [0.15, 0.2) is 0 Å². The van der Waals surface area contributed by atoms with Gasteiger partial charge in [0, 0.05) is 12.1 Å². The fourth-order valence-corrected chi connectivity index (χ4v) is 4.47. The van der Waals surface area contributed by atoms with Gasteiger partial charge in [-0.1, -0.05) is 68.8 Å². The van der Waals surface area contributed by atoms with Crippen molar-refractivity contribution in [1.29, 1.82) is 0 Å². The maximum absolute atomic E-state index is 13.5. The van der Waals surface area contributed by atoms with Crippen molar-refractivity contribution in [2.45, 2.75) is 52.6 Å². The SMILES string of the molecule is Cc1ccc(C)c(CN2C(=O)C(=O)/C(=C(\O)c3ccc(F)cc3)C2c2ccc(C(C)(C)C)cc2)c1. The highest BCUT2D eigenvalue weighted by Crippen LogP contribution is 2.41. The zero-order valence-electron chi connectivity index (χ0n) is 20.7. The van der Waals surface area contributed by atoms with Crippen LogP contribution in [-0.2, 0) is 21.5 Å². The van der Waals surface area contributed by atoms with E-state index in [2.05, 4.69) is 20.8 Å². The molecule has 1 saturated heterocycles. The molecule has 1 atom stereocenters. The molecule has 1 N–H and O–H groups in total. The van der Waals surface area contributed by atoms with Crippen molar-refractivity contribution in [3.8, 4) is 0 Å². The maximum Gasteiger partial charge on any atom is 0.295 e. The van der Waals surface area contributed by atoms with E-state index in [4.69, 9.17) is 0 Å². The third-order valence-electron chi connectivity index (χ3n) is 6.60. The average molecular weight is 472 g/mol. The predicted molar refractivity (Wildman–Crippen MR) is 135 cm³/mol. The molecule has 180 valence electrons. The van der Waals surface area contributed by atoms with Gasteiger partial charge >= 0.3 is 0 Å². The molecule has 4 rings (SSSR count). The number of ketones is 1. The lowest BCUT2D eigenvalue weighted by molar-refractivity contribution is -0.140. The summed E-state index contributed by atoms with van der Waals surface area (Å²) in [4.78, 5) is 28.1. The lowest BCUT2D eigenvalue weighted by Gasteiger charge is -2.27. The minimum atomic E-state index is -0.769. The molecule has 0 spiro atoms. The van der Waals surface area contributed by atoms with E-state index in [1.165, 1.54) is 29.2 Å². The second kappa shape index (κ2) is 9.14. The van der Waals surface area contributed by atoms with Crippen LogP contribution in [0.4, 0.5) is 4.39 Å². The van der Waals surface area contributed by atoms with Crippen LogP contribution in [-0.4, -0.2) is 21.7 Å². The van der Waals surface area contributed by atoms with Crippen LogP contribution in [0.15, 0.2) is 72.3 Å². The van der Waals surface area contributed by atoms with Crippen LogP contribution in [0.5, 0.6) is 0 Å². The lowest BCUT2D eigenvalue weighted by Crippen LogP contribution is -2.29. The van der Waals surface area contributed by atoms with Crippen LogP contribution in [0.2, 0.25) is 0 Å². The Labute approximate surface area is 205 Å². The topological polar surface area (TPSA) is 57.6 Å². The Hall–Kier alpha value is -3.73. The normalized spacial score (nSPS) is 17.8. The average Bonchev–Trinajstić information content (AvgIpc) is 3.06. The fraction of sp³-hybridized carbons (Fsp3) is 0.267. The highest BCUT2D eigenvalue weighted by atomic mass is 19.1. The maximum atomic E-state index is 13.5. The van der Waals surface area contributed by atoms with Gasteiger partial charge in [-0.2, -0.15) is 0 Å². The highest BCUT2D eigenvalue weighted by Gasteiger charge is 2.46. The van der Waals surface area contributed by atoms with E-state index in [1.54, 1.807) is 0 Å². The second-order valence-electron chi connectivity index (χ2n) is 10.2. The van der Waals surface area contributed by atoms with Gasteiger partial charge < -0.3 is 10.0 Å². The van der Waals surface area contributed by atoms with Gasteiger partial charge in [-0.05, 0) is 65.8 Å². The Morgan fingerprint density at radius 3 is 2.17 bits per heavy atom. The van der Waals surface area contributed by atoms with E-state index in [1.807, 2.05) is 56.3 Å². The number of aliphatic hydroxyl groups excluding tert-OH is 1. The monoisotopic (exact) mass is 471 g/mol. The zero-order valence-corrected chi connectivity index (χ0v) is 20.7. The van der Waals surface area contributed by atoms with Crippen LogP contribution < -0.4 is 0 Å². The van der Waals surface area contributed by atoms with E-state index < -0.39 is 23.5 Å². The zero-order chi connectivity index (χ0) is 25.5. The molecule has 1 aliphatic heterocycles. The number of hydrogen-bond acceptors (Lipinski definition) is 3. The quantitative estimate of drug-likeness (QED) is 0.274. The van der Waals surface area contributed by atoms with Crippen LogP contribution in [0.25, 0.3) is 5.76 Å². The fourth-order valence-electron chi connectivity index (χ4n) is 4.47. The molecule has 3 aromatic carbocycles. The summed E-state index contributed by atoms with van der Waals surface area (Å²) in [7, 11) is 0. The first-order valence-electron chi connectivity index (χ1n) is 11.7. The number of aryl methyl sites for hydroxylation is 2. The molecule has 1 fully saturated rings. The van der Waals surface area contributed by atoms with Crippen molar-refractivity contribution in [2.75, 3.05) is 0 Å². The summed E-state index contributed by atoms with van der Waals surface area (Å²) in [5, 5.41) is 11.2. The van der Waals surface area contributed by atoms with Crippen molar-refractivity contribution in [1.82, 2.24) is 4.90 Å².